The minimum absolute atomic E-state index is 0.0159. The fourth-order valence-corrected chi connectivity index (χ4v) is 2.29. The van der Waals surface area contributed by atoms with Crippen LogP contribution in [0.5, 0.6) is 0 Å². The molecule has 1 rings (SSSR count). The number of nitrogens with one attached hydrogen (secondary N) is 1. The molecule has 0 aromatic heterocycles. The molecule has 0 bridgehead atoms. The molecule has 5 heteroatoms. The van der Waals surface area contributed by atoms with Gasteiger partial charge in [-0.25, -0.2) is 0 Å². The van der Waals surface area contributed by atoms with Crippen LogP contribution in [0.3, 0.4) is 0 Å². The Labute approximate surface area is 115 Å². The molecule has 0 saturated carbocycles. The Kier molecular flexibility index (Phi) is 5.35. The highest BCUT2D eigenvalue weighted by Crippen LogP contribution is 2.25. The summed E-state index contributed by atoms with van der Waals surface area (Å²) in [6, 6.07) is -0.605. The van der Waals surface area contributed by atoms with Crippen LogP contribution in [0.2, 0.25) is 0 Å². The molecule has 1 aliphatic rings. The summed E-state index contributed by atoms with van der Waals surface area (Å²) in [6.07, 6.45) is 2.24. The molecule has 19 heavy (non-hydrogen) atoms. The average molecular weight is 270 g/mol. The van der Waals surface area contributed by atoms with Crippen molar-refractivity contribution in [1.29, 1.82) is 0 Å². The van der Waals surface area contributed by atoms with Crippen molar-refractivity contribution in [3.8, 4) is 0 Å². The molecule has 1 aliphatic heterocycles. The highest BCUT2D eigenvalue weighted by atomic mass is 16.3. The molecule has 1 saturated heterocycles. The van der Waals surface area contributed by atoms with Crippen molar-refractivity contribution < 1.29 is 14.7 Å². The lowest BCUT2D eigenvalue weighted by atomic mass is 9.94. The van der Waals surface area contributed by atoms with E-state index >= 15 is 0 Å². The van der Waals surface area contributed by atoms with Crippen LogP contribution in [0.4, 0.5) is 0 Å². The molecular formula is C14H26N2O3. The van der Waals surface area contributed by atoms with Crippen LogP contribution in [0.25, 0.3) is 0 Å². The summed E-state index contributed by atoms with van der Waals surface area (Å²) >= 11 is 0. The summed E-state index contributed by atoms with van der Waals surface area (Å²) in [5.74, 6) is -0.127. The van der Waals surface area contributed by atoms with Crippen LogP contribution < -0.4 is 5.32 Å². The smallest absolute Gasteiger partial charge is 0.243 e. The first kappa shape index (κ1) is 16.0. The number of carbonyl (C=O) groups excluding carboxylic acids is 2. The van der Waals surface area contributed by atoms with E-state index in [1.165, 1.54) is 0 Å². The van der Waals surface area contributed by atoms with E-state index in [-0.39, 0.29) is 30.5 Å². The monoisotopic (exact) mass is 270 g/mol. The maximum absolute atomic E-state index is 12.3. The topological polar surface area (TPSA) is 69.6 Å². The third-order valence-electron chi connectivity index (χ3n) is 3.52. The molecule has 2 amide bonds. The van der Waals surface area contributed by atoms with E-state index in [0.29, 0.717) is 19.4 Å². The van der Waals surface area contributed by atoms with Gasteiger partial charge in [0.15, 0.2) is 0 Å². The molecule has 0 aliphatic carbocycles. The highest BCUT2D eigenvalue weighted by Gasteiger charge is 2.38. The fraction of sp³-hybridized carbons (Fsp3) is 0.857. The highest BCUT2D eigenvalue weighted by molar-refractivity contribution is 5.90. The number of rotatable bonds is 4. The molecule has 5 nitrogen and oxygen atoms in total. The van der Waals surface area contributed by atoms with E-state index in [9.17, 15) is 9.59 Å². The predicted molar refractivity (Wildman–Crippen MR) is 73.5 cm³/mol. The summed E-state index contributed by atoms with van der Waals surface area (Å²) in [7, 11) is 0. The first-order chi connectivity index (χ1) is 8.81. The molecule has 0 spiro atoms. The van der Waals surface area contributed by atoms with Gasteiger partial charge in [0.2, 0.25) is 11.8 Å². The third-order valence-corrected chi connectivity index (χ3v) is 3.52. The Bertz CT molecular complexity index is 332. The Hall–Kier alpha value is -1.10. The van der Waals surface area contributed by atoms with Gasteiger partial charge in [0.25, 0.3) is 0 Å². The number of likely N-dealkylation sites (tertiary alicyclic amines) is 1. The second-order valence-corrected chi connectivity index (χ2v) is 6.20. The molecule has 0 aromatic rings. The minimum atomic E-state index is -0.468. The van der Waals surface area contributed by atoms with Gasteiger partial charge in [0.05, 0.1) is 12.6 Å². The average Bonchev–Trinajstić information content (AvgIpc) is 2.82. The Balaban J connectivity index is 2.71. The van der Waals surface area contributed by atoms with Crippen LogP contribution in [-0.4, -0.2) is 47.1 Å². The van der Waals surface area contributed by atoms with E-state index in [1.54, 1.807) is 4.90 Å². The Morgan fingerprint density at radius 1 is 1.42 bits per heavy atom. The zero-order valence-electron chi connectivity index (χ0n) is 12.4. The van der Waals surface area contributed by atoms with E-state index in [0.717, 1.165) is 6.42 Å². The van der Waals surface area contributed by atoms with Gasteiger partial charge in [-0.2, -0.15) is 0 Å². The van der Waals surface area contributed by atoms with E-state index < -0.39 is 5.41 Å². The van der Waals surface area contributed by atoms with Gasteiger partial charge in [0, 0.05) is 12.0 Å². The van der Waals surface area contributed by atoms with Crippen molar-refractivity contribution in [2.45, 2.75) is 59.0 Å². The molecule has 0 aromatic carbocycles. The number of aliphatic hydroxyl groups is 1. The predicted octanol–water partition coefficient (Wildman–Crippen LogP) is 0.911. The van der Waals surface area contributed by atoms with Gasteiger partial charge >= 0.3 is 0 Å². The van der Waals surface area contributed by atoms with Gasteiger partial charge in [0.1, 0.15) is 6.04 Å². The maximum atomic E-state index is 12.3. The quantitative estimate of drug-likeness (QED) is 0.798. The number of carbonyl (C=O) groups is 2. The van der Waals surface area contributed by atoms with Crippen molar-refractivity contribution in [2.75, 3.05) is 13.2 Å². The third kappa shape index (κ3) is 3.93. The normalized spacial score (nSPS) is 21.3. The number of hydrogen-bond donors (Lipinski definition) is 2. The van der Waals surface area contributed by atoms with Crippen LogP contribution in [-0.2, 0) is 9.59 Å². The molecule has 1 unspecified atom stereocenters. The second-order valence-electron chi connectivity index (χ2n) is 6.20. The number of aliphatic hydroxyl groups excluding tert-OH is 1. The molecular weight excluding hydrogens is 244 g/mol. The summed E-state index contributed by atoms with van der Waals surface area (Å²) in [5, 5.41) is 11.9. The Morgan fingerprint density at radius 2 is 2.05 bits per heavy atom. The first-order valence-corrected chi connectivity index (χ1v) is 7.03. The zero-order valence-corrected chi connectivity index (χ0v) is 12.4. The van der Waals surface area contributed by atoms with Gasteiger partial charge in [-0.3, -0.25) is 9.59 Å². The summed E-state index contributed by atoms with van der Waals surface area (Å²) in [4.78, 5) is 26.2. The van der Waals surface area contributed by atoms with Gasteiger partial charge in [-0.1, -0.05) is 27.7 Å². The molecule has 2 atom stereocenters. The van der Waals surface area contributed by atoms with Crippen molar-refractivity contribution >= 4 is 11.8 Å². The van der Waals surface area contributed by atoms with Crippen LogP contribution in [0.1, 0.15) is 47.0 Å². The summed E-state index contributed by atoms with van der Waals surface area (Å²) in [6.45, 7) is 8.09. The number of nitrogens with zero attached hydrogens (tertiary/aromatic N) is 1. The molecule has 1 fully saturated rings. The lowest BCUT2D eigenvalue weighted by Crippen LogP contribution is -2.51. The van der Waals surface area contributed by atoms with Crippen molar-refractivity contribution in [3.05, 3.63) is 0 Å². The van der Waals surface area contributed by atoms with E-state index in [1.807, 2.05) is 27.7 Å². The largest absolute Gasteiger partial charge is 0.394 e. The van der Waals surface area contributed by atoms with Crippen molar-refractivity contribution in [2.24, 2.45) is 5.41 Å². The first-order valence-electron chi connectivity index (χ1n) is 7.03. The molecule has 2 N–H and O–H groups in total. The number of amides is 2. The standard InChI is InChI=1S/C14H26N2O3/c1-5-10(9-17)15-12(18)11-7-6-8-16(11)13(19)14(2,3)4/h10-11,17H,5-9H2,1-4H3,(H,15,18)/t10-,11?/m1/s1. The van der Waals surface area contributed by atoms with Gasteiger partial charge in [-0.15, -0.1) is 0 Å². The van der Waals surface area contributed by atoms with E-state index in [4.69, 9.17) is 5.11 Å². The zero-order chi connectivity index (χ0) is 14.6. The van der Waals surface area contributed by atoms with Crippen molar-refractivity contribution in [1.82, 2.24) is 10.2 Å². The lowest BCUT2D eigenvalue weighted by molar-refractivity contribution is -0.144. The SMILES string of the molecule is CC[C@H](CO)NC(=O)C1CCCN1C(=O)C(C)(C)C. The minimum Gasteiger partial charge on any atom is -0.394 e. The Morgan fingerprint density at radius 3 is 2.53 bits per heavy atom. The van der Waals surface area contributed by atoms with E-state index in [2.05, 4.69) is 5.32 Å². The van der Waals surface area contributed by atoms with Crippen LogP contribution in [0, 0.1) is 5.41 Å². The maximum Gasteiger partial charge on any atom is 0.243 e. The lowest BCUT2D eigenvalue weighted by Gasteiger charge is -2.31. The number of hydrogen-bond acceptors (Lipinski definition) is 3. The summed E-state index contributed by atoms with van der Waals surface area (Å²) < 4.78 is 0. The van der Waals surface area contributed by atoms with Crippen LogP contribution in [0.15, 0.2) is 0 Å². The molecule has 1 heterocycles. The van der Waals surface area contributed by atoms with Crippen molar-refractivity contribution in [3.63, 3.8) is 0 Å². The second kappa shape index (κ2) is 6.37. The fourth-order valence-electron chi connectivity index (χ4n) is 2.29. The van der Waals surface area contributed by atoms with Crippen LogP contribution >= 0.6 is 0 Å². The molecule has 0 radical (unpaired) electrons. The summed E-state index contributed by atoms with van der Waals surface area (Å²) in [5.41, 5.74) is -0.468. The van der Waals surface area contributed by atoms with Gasteiger partial charge in [-0.05, 0) is 19.3 Å². The van der Waals surface area contributed by atoms with Gasteiger partial charge < -0.3 is 15.3 Å². The molecule has 110 valence electrons.